The zero-order valence-electron chi connectivity index (χ0n) is 8.61. The molecule has 4 N–H and O–H groups in total. The van der Waals surface area contributed by atoms with Crippen LogP contribution in [-0.2, 0) is 4.57 Å². The fraction of sp³-hybridized carbons (Fsp3) is 0.889. The molecular weight excluding hydrogens is 197 g/mol. The van der Waals surface area contributed by atoms with E-state index in [2.05, 4.69) is 0 Å². The van der Waals surface area contributed by atoms with Crippen LogP contribution in [0, 0.1) is 11.3 Å². The standard InChI is InChI=1S/C9H20N3OP/c10-4-1-7-14(13,8-2-5-11)9-3-6-12/h1-5,7-11H2. The molecule has 0 aliphatic carbocycles. The van der Waals surface area contributed by atoms with Crippen LogP contribution in [0.4, 0.5) is 0 Å². The molecule has 14 heavy (non-hydrogen) atoms. The average Bonchev–Trinajstić information content (AvgIpc) is 2.21. The summed E-state index contributed by atoms with van der Waals surface area (Å²) in [5.74, 6) is 0. The van der Waals surface area contributed by atoms with Crippen molar-refractivity contribution in [2.75, 3.05) is 31.6 Å². The topological polar surface area (TPSA) is 92.9 Å². The fourth-order valence-electron chi connectivity index (χ4n) is 1.35. The third-order valence-corrected chi connectivity index (χ3v) is 5.47. The minimum absolute atomic E-state index is 0.381. The highest BCUT2D eigenvalue weighted by Crippen LogP contribution is 2.46. The van der Waals surface area contributed by atoms with Gasteiger partial charge in [0.05, 0.1) is 13.2 Å². The van der Waals surface area contributed by atoms with Crippen molar-refractivity contribution in [1.29, 1.82) is 5.26 Å². The van der Waals surface area contributed by atoms with Crippen molar-refractivity contribution in [3.05, 3.63) is 0 Å². The monoisotopic (exact) mass is 217 g/mol. The quantitative estimate of drug-likeness (QED) is 0.592. The Morgan fingerprint density at radius 3 is 1.93 bits per heavy atom. The normalized spacial score (nSPS) is 11.2. The first-order chi connectivity index (χ1) is 6.68. The first-order valence-electron chi connectivity index (χ1n) is 5.02. The molecule has 0 amide bonds. The fourth-order valence-corrected chi connectivity index (χ4v) is 4.04. The van der Waals surface area contributed by atoms with E-state index >= 15 is 0 Å². The second-order valence-corrected chi connectivity index (χ2v) is 6.88. The Morgan fingerprint density at radius 1 is 1.07 bits per heavy atom. The van der Waals surface area contributed by atoms with Gasteiger partial charge >= 0.3 is 0 Å². The van der Waals surface area contributed by atoms with Gasteiger partial charge in [0.15, 0.2) is 0 Å². The van der Waals surface area contributed by atoms with Crippen LogP contribution in [0.2, 0.25) is 0 Å². The molecule has 0 fully saturated rings. The van der Waals surface area contributed by atoms with Crippen LogP contribution in [-0.4, -0.2) is 31.6 Å². The lowest BCUT2D eigenvalue weighted by Gasteiger charge is -2.15. The first-order valence-corrected chi connectivity index (χ1v) is 7.29. The zero-order chi connectivity index (χ0) is 10.9. The molecule has 0 aliphatic heterocycles. The second-order valence-electron chi connectivity index (χ2n) is 3.42. The Labute approximate surface area is 86.0 Å². The molecule has 82 valence electrons. The highest BCUT2D eigenvalue weighted by molar-refractivity contribution is 7.63. The van der Waals surface area contributed by atoms with Crippen molar-refractivity contribution >= 4 is 7.14 Å². The summed E-state index contributed by atoms with van der Waals surface area (Å²) in [5.41, 5.74) is 10.8. The zero-order valence-corrected chi connectivity index (χ0v) is 9.51. The molecule has 0 saturated carbocycles. The van der Waals surface area contributed by atoms with Crippen molar-refractivity contribution in [1.82, 2.24) is 0 Å². The lowest BCUT2D eigenvalue weighted by atomic mass is 10.5. The summed E-state index contributed by atoms with van der Waals surface area (Å²) in [4.78, 5) is 0. The molecular formula is C9H20N3OP. The molecule has 0 aliphatic rings. The second kappa shape index (κ2) is 7.99. The largest absolute Gasteiger partial charge is 0.330 e. The third-order valence-electron chi connectivity index (χ3n) is 2.17. The molecule has 0 atom stereocenters. The maximum absolute atomic E-state index is 12.2. The summed E-state index contributed by atoms with van der Waals surface area (Å²) in [5, 5.41) is 8.46. The Morgan fingerprint density at radius 2 is 1.57 bits per heavy atom. The predicted octanol–water partition coefficient (Wildman–Crippen LogP) is 0.961. The first kappa shape index (κ1) is 13.6. The van der Waals surface area contributed by atoms with E-state index in [9.17, 15) is 4.57 Å². The summed E-state index contributed by atoms with van der Waals surface area (Å²) in [6.45, 7) is 1.14. The minimum Gasteiger partial charge on any atom is -0.330 e. The van der Waals surface area contributed by atoms with Gasteiger partial charge in [-0.25, -0.2) is 0 Å². The summed E-state index contributed by atoms with van der Waals surface area (Å²) in [6.07, 6.45) is 3.83. The van der Waals surface area contributed by atoms with Crippen molar-refractivity contribution < 1.29 is 4.57 Å². The summed E-state index contributed by atoms with van der Waals surface area (Å²) < 4.78 is 12.2. The Hall–Kier alpha value is -0.360. The van der Waals surface area contributed by atoms with Gasteiger partial charge in [-0.15, -0.1) is 0 Å². The van der Waals surface area contributed by atoms with Gasteiger partial charge in [0.1, 0.15) is 0 Å². The molecule has 0 aromatic carbocycles. The smallest absolute Gasteiger partial charge is 0.0888 e. The van der Waals surface area contributed by atoms with E-state index in [-0.39, 0.29) is 0 Å². The third kappa shape index (κ3) is 6.15. The van der Waals surface area contributed by atoms with Crippen LogP contribution in [0.15, 0.2) is 0 Å². The van der Waals surface area contributed by atoms with E-state index in [4.69, 9.17) is 16.7 Å². The van der Waals surface area contributed by atoms with Crippen molar-refractivity contribution in [2.45, 2.75) is 19.3 Å². The van der Waals surface area contributed by atoms with Crippen LogP contribution in [0.1, 0.15) is 19.3 Å². The van der Waals surface area contributed by atoms with Crippen LogP contribution >= 0.6 is 7.14 Å². The number of nitrogens with two attached hydrogens (primary N) is 2. The van der Waals surface area contributed by atoms with E-state index in [0.29, 0.717) is 38.0 Å². The van der Waals surface area contributed by atoms with Crippen molar-refractivity contribution in [3.8, 4) is 6.07 Å². The van der Waals surface area contributed by atoms with Crippen LogP contribution < -0.4 is 11.5 Å². The molecule has 0 unspecified atom stereocenters. The van der Waals surface area contributed by atoms with Gasteiger partial charge in [-0.05, 0) is 25.9 Å². The lowest BCUT2D eigenvalue weighted by Crippen LogP contribution is -2.09. The summed E-state index contributed by atoms with van der Waals surface area (Å²) in [7, 11) is -2.15. The molecule has 0 saturated heterocycles. The van der Waals surface area contributed by atoms with Gasteiger partial charge in [0.2, 0.25) is 0 Å². The van der Waals surface area contributed by atoms with Crippen LogP contribution in [0.5, 0.6) is 0 Å². The van der Waals surface area contributed by atoms with Gasteiger partial charge in [0, 0.05) is 24.9 Å². The summed E-state index contributed by atoms with van der Waals surface area (Å²) in [6, 6.07) is 2.04. The van der Waals surface area contributed by atoms with Gasteiger partial charge in [0.25, 0.3) is 0 Å². The number of nitrogens with zero attached hydrogens (tertiary/aromatic N) is 1. The highest BCUT2D eigenvalue weighted by Gasteiger charge is 2.19. The molecule has 0 bridgehead atoms. The Balaban J connectivity index is 4.05. The minimum atomic E-state index is -2.15. The molecule has 0 rings (SSSR count). The molecule has 0 aromatic heterocycles. The number of rotatable bonds is 8. The molecule has 0 radical (unpaired) electrons. The van der Waals surface area contributed by atoms with Crippen molar-refractivity contribution in [3.63, 3.8) is 0 Å². The number of nitriles is 1. The number of hydrogen-bond acceptors (Lipinski definition) is 4. The molecule has 0 spiro atoms. The predicted molar refractivity (Wildman–Crippen MR) is 59.8 cm³/mol. The number of hydrogen-bond donors (Lipinski definition) is 2. The van der Waals surface area contributed by atoms with Crippen molar-refractivity contribution in [2.24, 2.45) is 11.5 Å². The van der Waals surface area contributed by atoms with Gasteiger partial charge in [-0.3, -0.25) is 0 Å². The lowest BCUT2D eigenvalue weighted by molar-refractivity contribution is 0.570. The van der Waals surface area contributed by atoms with Gasteiger partial charge in [-0.1, -0.05) is 0 Å². The van der Waals surface area contributed by atoms with E-state index in [1.54, 1.807) is 0 Å². The molecule has 0 aromatic rings. The van der Waals surface area contributed by atoms with E-state index in [0.717, 1.165) is 12.8 Å². The molecule has 4 nitrogen and oxygen atoms in total. The Kier molecular flexibility index (Phi) is 7.78. The maximum atomic E-state index is 12.2. The van der Waals surface area contributed by atoms with Crippen LogP contribution in [0.25, 0.3) is 0 Å². The molecule has 0 heterocycles. The summed E-state index contributed by atoms with van der Waals surface area (Å²) >= 11 is 0. The van der Waals surface area contributed by atoms with Gasteiger partial charge in [-0.2, -0.15) is 5.26 Å². The maximum Gasteiger partial charge on any atom is 0.0888 e. The van der Waals surface area contributed by atoms with E-state index in [1.807, 2.05) is 6.07 Å². The van der Waals surface area contributed by atoms with Crippen LogP contribution in [0.3, 0.4) is 0 Å². The SMILES string of the molecule is N#CCCP(=O)(CCCN)CCCN. The Bertz CT molecular complexity index is 213. The van der Waals surface area contributed by atoms with Gasteiger partial charge < -0.3 is 16.0 Å². The van der Waals surface area contributed by atoms with E-state index < -0.39 is 7.14 Å². The highest BCUT2D eigenvalue weighted by atomic mass is 31.2. The average molecular weight is 217 g/mol. The molecule has 5 heteroatoms. The van der Waals surface area contributed by atoms with E-state index in [1.165, 1.54) is 0 Å².